The maximum atomic E-state index is 6.18. The Kier molecular flexibility index (Phi) is 6.70. The molecule has 0 N–H and O–H groups in total. The van der Waals surface area contributed by atoms with E-state index in [9.17, 15) is 0 Å². The van der Waals surface area contributed by atoms with Crippen LogP contribution in [0.15, 0.2) is 66.9 Å². The van der Waals surface area contributed by atoms with Gasteiger partial charge in [-0.05, 0) is 68.1 Å². The lowest BCUT2D eigenvalue weighted by molar-refractivity contribution is 0.177. The number of hydrogen-bond donors (Lipinski definition) is 0. The SMILES string of the molecule is CCC(C)Oc1ccc(-c2cccc(-c3ccccn3)c2)cc1OC(C)CC. The number of rotatable bonds is 8. The molecule has 0 saturated carbocycles. The monoisotopic (exact) mass is 375 g/mol. The van der Waals surface area contributed by atoms with Crippen LogP contribution in [0.5, 0.6) is 11.5 Å². The summed E-state index contributed by atoms with van der Waals surface area (Å²) in [5, 5.41) is 0. The maximum absolute atomic E-state index is 6.18. The van der Waals surface area contributed by atoms with Crippen molar-refractivity contribution in [1.29, 1.82) is 0 Å². The van der Waals surface area contributed by atoms with Crippen molar-refractivity contribution >= 4 is 0 Å². The Morgan fingerprint density at radius 1 is 0.714 bits per heavy atom. The number of aromatic nitrogens is 1. The third-order valence-corrected chi connectivity index (χ3v) is 4.91. The van der Waals surface area contributed by atoms with Gasteiger partial charge in [0.2, 0.25) is 0 Å². The fourth-order valence-electron chi connectivity index (χ4n) is 2.87. The van der Waals surface area contributed by atoms with Crippen molar-refractivity contribution in [3.05, 3.63) is 66.9 Å². The average molecular weight is 376 g/mol. The Bertz CT molecular complexity index is 892. The average Bonchev–Trinajstić information content (AvgIpc) is 2.75. The van der Waals surface area contributed by atoms with Crippen molar-refractivity contribution in [2.75, 3.05) is 0 Å². The predicted molar refractivity (Wildman–Crippen MR) is 116 cm³/mol. The van der Waals surface area contributed by atoms with Gasteiger partial charge in [-0.1, -0.05) is 44.2 Å². The van der Waals surface area contributed by atoms with Gasteiger partial charge in [-0.15, -0.1) is 0 Å². The Balaban J connectivity index is 1.96. The summed E-state index contributed by atoms with van der Waals surface area (Å²) in [6, 6.07) is 20.6. The topological polar surface area (TPSA) is 31.4 Å². The molecule has 0 aliphatic heterocycles. The fraction of sp³-hybridized carbons (Fsp3) is 0.320. The van der Waals surface area contributed by atoms with E-state index in [0.717, 1.165) is 46.7 Å². The minimum Gasteiger partial charge on any atom is -0.487 e. The minimum atomic E-state index is 0.134. The summed E-state index contributed by atoms with van der Waals surface area (Å²) < 4.78 is 12.3. The van der Waals surface area contributed by atoms with Crippen LogP contribution in [0.25, 0.3) is 22.4 Å². The lowest BCUT2D eigenvalue weighted by Gasteiger charge is -2.20. The van der Waals surface area contributed by atoms with E-state index in [2.05, 4.69) is 69.1 Å². The molecule has 0 radical (unpaired) electrons. The van der Waals surface area contributed by atoms with Crippen molar-refractivity contribution in [3.63, 3.8) is 0 Å². The first-order valence-electron chi connectivity index (χ1n) is 10.1. The number of nitrogens with zero attached hydrogens (tertiary/aromatic N) is 1. The summed E-state index contributed by atoms with van der Waals surface area (Å²) >= 11 is 0. The highest BCUT2D eigenvalue weighted by Crippen LogP contribution is 2.35. The summed E-state index contributed by atoms with van der Waals surface area (Å²) in [5.41, 5.74) is 4.31. The Hall–Kier alpha value is -2.81. The van der Waals surface area contributed by atoms with E-state index in [-0.39, 0.29) is 12.2 Å². The van der Waals surface area contributed by atoms with E-state index in [0.29, 0.717) is 0 Å². The molecule has 0 aliphatic carbocycles. The molecule has 3 rings (SSSR count). The highest BCUT2D eigenvalue weighted by Gasteiger charge is 2.13. The van der Waals surface area contributed by atoms with Gasteiger partial charge in [-0.25, -0.2) is 0 Å². The summed E-state index contributed by atoms with van der Waals surface area (Å²) in [4.78, 5) is 4.46. The standard InChI is InChI=1S/C25H29NO2/c1-5-18(3)27-24-14-13-21(17-25(24)28-19(4)6-2)20-10-9-11-22(16-20)23-12-7-8-15-26-23/h7-19H,5-6H2,1-4H3. The Morgan fingerprint density at radius 2 is 1.39 bits per heavy atom. The molecule has 1 aromatic heterocycles. The molecule has 2 atom stereocenters. The minimum absolute atomic E-state index is 0.134. The van der Waals surface area contributed by atoms with Crippen LogP contribution in [0.3, 0.4) is 0 Å². The van der Waals surface area contributed by atoms with Gasteiger partial charge in [0.05, 0.1) is 17.9 Å². The molecule has 3 nitrogen and oxygen atoms in total. The van der Waals surface area contributed by atoms with Gasteiger partial charge >= 0.3 is 0 Å². The predicted octanol–water partition coefficient (Wildman–Crippen LogP) is 6.77. The van der Waals surface area contributed by atoms with Gasteiger partial charge in [0.25, 0.3) is 0 Å². The molecule has 28 heavy (non-hydrogen) atoms. The van der Waals surface area contributed by atoms with Crippen LogP contribution in [0.4, 0.5) is 0 Å². The molecule has 0 amide bonds. The smallest absolute Gasteiger partial charge is 0.162 e. The highest BCUT2D eigenvalue weighted by molar-refractivity contribution is 5.73. The van der Waals surface area contributed by atoms with Crippen molar-refractivity contribution in [2.45, 2.75) is 52.7 Å². The first kappa shape index (κ1) is 19.9. The van der Waals surface area contributed by atoms with Crippen LogP contribution in [0.2, 0.25) is 0 Å². The van der Waals surface area contributed by atoms with Crippen LogP contribution in [0.1, 0.15) is 40.5 Å². The number of benzene rings is 2. The van der Waals surface area contributed by atoms with E-state index in [1.165, 1.54) is 0 Å². The zero-order chi connectivity index (χ0) is 19.9. The summed E-state index contributed by atoms with van der Waals surface area (Å²) in [6.45, 7) is 8.41. The summed E-state index contributed by atoms with van der Waals surface area (Å²) in [6.07, 6.45) is 4.01. The Labute approximate surface area is 168 Å². The van der Waals surface area contributed by atoms with Crippen molar-refractivity contribution < 1.29 is 9.47 Å². The largest absolute Gasteiger partial charge is 0.487 e. The van der Waals surface area contributed by atoms with Crippen molar-refractivity contribution in [2.24, 2.45) is 0 Å². The second-order valence-corrected chi connectivity index (χ2v) is 7.13. The molecule has 3 heteroatoms. The highest BCUT2D eigenvalue weighted by atomic mass is 16.5. The van der Waals surface area contributed by atoms with Crippen molar-refractivity contribution in [3.8, 4) is 33.9 Å². The van der Waals surface area contributed by atoms with Gasteiger partial charge < -0.3 is 9.47 Å². The van der Waals surface area contributed by atoms with Gasteiger partial charge in [0.15, 0.2) is 11.5 Å². The van der Waals surface area contributed by atoms with E-state index >= 15 is 0 Å². The van der Waals surface area contributed by atoms with E-state index < -0.39 is 0 Å². The molecule has 2 aromatic carbocycles. The Morgan fingerprint density at radius 3 is 2.07 bits per heavy atom. The zero-order valence-corrected chi connectivity index (χ0v) is 17.2. The third-order valence-electron chi connectivity index (χ3n) is 4.91. The molecule has 1 heterocycles. The molecule has 146 valence electrons. The molecule has 0 spiro atoms. The van der Waals surface area contributed by atoms with E-state index in [1.807, 2.05) is 30.5 Å². The fourth-order valence-corrected chi connectivity index (χ4v) is 2.87. The number of pyridine rings is 1. The first-order valence-corrected chi connectivity index (χ1v) is 10.1. The molecule has 2 unspecified atom stereocenters. The van der Waals surface area contributed by atoms with Crippen LogP contribution in [-0.2, 0) is 0 Å². The van der Waals surface area contributed by atoms with Crippen LogP contribution < -0.4 is 9.47 Å². The quantitative estimate of drug-likeness (QED) is 0.435. The van der Waals surface area contributed by atoms with E-state index in [1.54, 1.807) is 0 Å². The molecule has 0 bridgehead atoms. The molecule has 0 fully saturated rings. The second kappa shape index (κ2) is 9.41. The lowest BCUT2D eigenvalue weighted by atomic mass is 10.0. The third kappa shape index (κ3) is 4.92. The van der Waals surface area contributed by atoms with Crippen molar-refractivity contribution in [1.82, 2.24) is 4.98 Å². The molecular formula is C25H29NO2. The number of hydrogen-bond acceptors (Lipinski definition) is 3. The van der Waals surface area contributed by atoms with E-state index in [4.69, 9.17) is 9.47 Å². The summed E-state index contributed by atoms with van der Waals surface area (Å²) in [5.74, 6) is 1.61. The summed E-state index contributed by atoms with van der Waals surface area (Å²) in [7, 11) is 0. The van der Waals surface area contributed by atoms with Gasteiger partial charge in [-0.2, -0.15) is 0 Å². The van der Waals surface area contributed by atoms with Gasteiger partial charge in [0, 0.05) is 11.8 Å². The van der Waals surface area contributed by atoms with Gasteiger partial charge in [-0.3, -0.25) is 4.98 Å². The maximum Gasteiger partial charge on any atom is 0.162 e. The second-order valence-electron chi connectivity index (χ2n) is 7.13. The normalized spacial score (nSPS) is 13.0. The molecular weight excluding hydrogens is 346 g/mol. The molecule has 3 aromatic rings. The van der Waals surface area contributed by atoms with Gasteiger partial charge in [0.1, 0.15) is 0 Å². The van der Waals surface area contributed by atoms with Crippen LogP contribution in [-0.4, -0.2) is 17.2 Å². The van der Waals surface area contributed by atoms with Crippen LogP contribution in [0, 0.1) is 0 Å². The molecule has 0 saturated heterocycles. The molecule has 0 aliphatic rings. The van der Waals surface area contributed by atoms with Crippen LogP contribution >= 0.6 is 0 Å². The first-order chi connectivity index (χ1) is 13.6. The number of ether oxygens (including phenoxy) is 2. The zero-order valence-electron chi connectivity index (χ0n) is 17.2. The lowest BCUT2D eigenvalue weighted by Crippen LogP contribution is -2.14.